The van der Waals surface area contributed by atoms with Crippen LogP contribution in [0.1, 0.15) is 22.3 Å². The van der Waals surface area contributed by atoms with E-state index in [0.29, 0.717) is 33.1 Å². The number of carbonyl (C=O) groups excluding carboxylic acids is 1. The summed E-state index contributed by atoms with van der Waals surface area (Å²) in [5, 5.41) is 0.690. The van der Waals surface area contributed by atoms with Crippen LogP contribution < -0.4 is 4.74 Å². The summed E-state index contributed by atoms with van der Waals surface area (Å²) in [7, 11) is 0. The number of halogens is 3. The van der Waals surface area contributed by atoms with Crippen LogP contribution in [0.2, 0.25) is 5.02 Å². The summed E-state index contributed by atoms with van der Waals surface area (Å²) in [5.74, 6) is 0.606. The lowest BCUT2D eigenvalue weighted by Gasteiger charge is -2.14. The molecule has 168 valence electrons. The lowest BCUT2D eigenvalue weighted by Crippen LogP contribution is -2.27. The van der Waals surface area contributed by atoms with Gasteiger partial charge >= 0.3 is 0 Å². The van der Waals surface area contributed by atoms with E-state index in [9.17, 15) is 4.79 Å². The van der Waals surface area contributed by atoms with Crippen molar-refractivity contribution in [1.82, 2.24) is 4.90 Å². The molecule has 1 aliphatic heterocycles. The third-order valence-electron chi connectivity index (χ3n) is 4.95. The SMILES string of the molecule is Cc1ccc(CN2C(=O)/C(=C/c3cc(Br)c(OCc4ccc(Cl)cc4)c(Br)c3)SC2=S)cc1. The number of nitrogens with zero attached hydrogens (tertiary/aromatic N) is 1. The smallest absolute Gasteiger partial charge is 0.266 e. The summed E-state index contributed by atoms with van der Waals surface area (Å²) in [4.78, 5) is 15.2. The molecule has 1 fully saturated rings. The van der Waals surface area contributed by atoms with E-state index in [-0.39, 0.29) is 5.91 Å². The summed E-state index contributed by atoms with van der Waals surface area (Å²) >= 11 is 19.9. The Bertz CT molecular complexity index is 1220. The van der Waals surface area contributed by atoms with Gasteiger partial charge in [-0.2, -0.15) is 0 Å². The van der Waals surface area contributed by atoms with Crippen LogP contribution in [0.4, 0.5) is 0 Å². The van der Waals surface area contributed by atoms with Crippen molar-refractivity contribution < 1.29 is 9.53 Å². The lowest BCUT2D eigenvalue weighted by molar-refractivity contribution is -0.122. The number of carbonyl (C=O) groups is 1. The van der Waals surface area contributed by atoms with Gasteiger partial charge in [0.1, 0.15) is 16.7 Å². The molecule has 1 amide bonds. The van der Waals surface area contributed by atoms with Crippen molar-refractivity contribution in [2.45, 2.75) is 20.1 Å². The van der Waals surface area contributed by atoms with Gasteiger partial charge in [0.05, 0.1) is 20.4 Å². The van der Waals surface area contributed by atoms with Crippen LogP contribution in [0.3, 0.4) is 0 Å². The fourth-order valence-electron chi connectivity index (χ4n) is 3.20. The molecule has 0 aliphatic carbocycles. The molecule has 33 heavy (non-hydrogen) atoms. The molecule has 0 unspecified atom stereocenters. The quantitative estimate of drug-likeness (QED) is 0.205. The van der Waals surface area contributed by atoms with Gasteiger partial charge in [0.25, 0.3) is 5.91 Å². The maximum atomic E-state index is 13.0. The maximum Gasteiger partial charge on any atom is 0.266 e. The predicted molar refractivity (Wildman–Crippen MR) is 148 cm³/mol. The Balaban J connectivity index is 1.49. The molecule has 0 saturated carbocycles. The van der Waals surface area contributed by atoms with Crippen molar-refractivity contribution in [2.75, 3.05) is 0 Å². The van der Waals surface area contributed by atoms with Crippen LogP contribution in [0.15, 0.2) is 74.5 Å². The molecule has 0 bridgehead atoms. The van der Waals surface area contributed by atoms with E-state index in [4.69, 9.17) is 28.6 Å². The summed E-state index contributed by atoms with van der Waals surface area (Å²) in [6, 6.07) is 19.5. The first-order valence-corrected chi connectivity index (χ1v) is 13.2. The number of aryl methyl sites for hydroxylation is 1. The topological polar surface area (TPSA) is 29.5 Å². The molecule has 1 saturated heterocycles. The zero-order valence-corrected chi connectivity index (χ0v) is 23.0. The second-order valence-electron chi connectivity index (χ2n) is 7.48. The van der Waals surface area contributed by atoms with Gasteiger partial charge in [0.2, 0.25) is 0 Å². The molecule has 1 heterocycles. The number of amides is 1. The zero-order valence-electron chi connectivity index (χ0n) is 17.5. The summed E-state index contributed by atoms with van der Waals surface area (Å²) in [6.45, 7) is 2.91. The molecular formula is C25H18Br2ClNO2S2. The Hall–Kier alpha value is -1.64. The first kappa shape index (κ1) is 24.5. The monoisotopic (exact) mass is 621 g/mol. The second kappa shape index (κ2) is 10.7. The average molecular weight is 624 g/mol. The van der Waals surface area contributed by atoms with Crippen molar-refractivity contribution in [2.24, 2.45) is 0 Å². The van der Waals surface area contributed by atoms with Gasteiger partial charge in [-0.05, 0) is 85.8 Å². The molecule has 4 rings (SSSR count). The molecule has 3 nitrogen and oxygen atoms in total. The fourth-order valence-corrected chi connectivity index (χ4v) is 6.03. The molecule has 0 atom stereocenters. The predicted octanol–water partition coefficient (Wildman–Crippen LogP) is 8.15. The molecule has 3 aromatic carbocycles. The fraction of sp³-hybridized carbons (Fsp3) is 0.120. The van der Waals surface area contributed by atoms with Gasteiger partial charge in [0.15, 0.2) is 0 Å². The van der Waals surface area contributed by atoms with E-state index in [1.807, 2.05) is 73.7 Å². The normalized spacial score (nSPS) is 14.9. The lowest BCUT2D eigenvalue weighted by atomic mass is 10.1. The minimum Gasteiger partial charge on any atom is -0.487 e. The zero-order chi connectivity index (χ0) is 23.5. The molecule has 1 aliphatic rings. The number of thioether (sulfide) groups is 1. The number of thiocarbonyl (C=S) groups is 1. The standard InChI is InChI=1S/C25H18Br2ClNO2S2/c1-15-2-4-16(5-3-15)13-29-24(30)22(33-25(29)32)12-18-10-20(26)23(21(27)11-18)31-14-17-6-8-19(28)9-7-17/h2-12H,13-14H2,1H3/b22-12-. The second-order valence-corrected chi connectivity index (χ2v) is 11.3. The highest BCUT2D eigenvalue weighted by atomic mass is 79.9. The number of rotatable bonds is 6. The Labute approximate surface area is 224 Å². The van der Waals surface area contributed by atoms with Crippen LogP contribution in [0.25, 0.3) is 6.08 Å². The molecule has 8 heteroatoms. The largest absolute Gasteiger partial charge is 0.487 e. The highest BCUT2D eigenvalue weighted by Crippen LogP contribution is 2.38. The molecule has 0 N–H and O–H groups in total. The van der Waals surface area contributed by atoms with E-state index in [1.54, 1.807) is 4.90 Å². The number of ether oxygens (including phenoxy) is 1. The van der Waals surface area contributed by atoms with Crippen LogP contribution in [-0.4, -0.2) is 15.1 Å². The van der Waals surface area contributed by atoms with E-state index in [2.05, 4.69) is 31.9 Å². The summed E-state index contributed by atoms with van der Waals surface area (Å²) in [5.41, 5.74) is 4.11. The Morgan fingerprint density at radius 2 is 1.64 bits per heavy atom. The number of hydrogen-bond acceptors (Lipinski definition) is 4. The third kappa shape index (κ3) is 6.08. The maximum absolute atomic E-state index is 13.0. The highest BCUT2D eigenvalue weighted by molar-refractivity contribution is 9.11. The number of hydrogen-bond donors (Lipinski definition) is 0. The van der Waals surface area contributed by atoms with Crippen molar-refractivity contribution in [3.8, 4) is 5.75 Å². The highest BCUT2D eigenvalue weighted by Gasteiger charge is 2.32. The van der Waals surface area contributed by atoms with Gasteiger partial charge in [0, 0.05) is 5.02 Å². The van der Waals surface area contributed by atoms with Gasteiger partial charge in [-0.3, -0.25) is 9.69 Å². The number of benzene rings is 3. The minimum absolute atomic E-state index is 0.0825. The van der Waals surface area contributed by atoms with E-state index in [1.165, 1.54) is 17.3 Å². The molecule has 0 aromatic heterocycles. The van der Waals surface area contributed by atoms with Gasteiger partial charge < -0.3 is 4.74 Å². The van der Waals surface area contributed by atoms with Crippen LogP contribution >= 0.6 is 67.4 Å². The van der Waals surface area contributed by atoms with Crippen LogP contribution in [-0.2, 0) is 17.9 Å². The van der Waals surface area contributed by atoms with Crippen LogP contribution in [0.5, 0.6) is 5.75 Å². The Morgan fingerprint density at radius 3 is 2.27 bits per heavy atom. The van der Waals surface area contributed by atoms with Crippen molar-refractivity contribution in [3.63, 3.8) is 0 Å². The summed E-state index contributed by atoms with van der Waals surface area (Å²) in [6.07, 6.45) is 1.85. The van der Waals surface area contributed by atoms with Gasteiger partial charge in [-0.1, -0.05) is 77.5 Å². The first-order valence-electron chi connectivity index (χ1n) is 9.97. The van der Waals surface area contributed by atoms with E-state index < -0.39 is 0 Å². The third-order valence-corrected chi connectivity index (χ3v) is 7.76. The van der Waals surface area contributed by atoms with E-state index in [0.717, 1.165) is 25.6 Å². The van der Waals surface area contributed by atoms with E-state index >= 15 is 0 Å². The van der Waals surface area contributed by atoms with Crippen molar-refractivity contribution in [1.29, 1.82) is 0 Å². The van der Waals surface area contributed by atoms with Gasteiger partial charge in [-0.25, -0.2) is 0 Å². The minimum atomic E-state index is -0.0825. The van der Waals surface area contributed by atoms with Crippen molar-refractivity contribution >= 4 is 83.7 Å². The van der Waals surface area contributed by atoms with Crippen LogP contribution in [0, 0.1) is 6.92 Å². The molecule has 0 radical (unpaired) electrons. The first-order chi connectivity index (χ1) is 15.8. The Morgan fingerprint density at radius 1 is 1.03 bits per heavy atom. The van der Waals surface area contributed by atoms with Gasteiger partial charge in [-0.15, -0.1) is 0 Å². The average Bonchev–Trinajstić information content (AvgIpc) is 3.03. The molecular weight excluding hydrogens is 606 g/mol. The molecule has 0 spiro atoms. The Kier molecular flexibility index (Phi) is 7.97. The summed E-state index contributed by atoms with van der Waals surface area (Å²) < 4.78 is 8.12. The molecule has 3 aromatic rings. The van der Waals surface area contributed by atoms with Crippen molar-refractivity contribution in [3.05, 3.63) is 102 Å².